The zero-order valence-electron chi connectivity index (χ0n) is 18.7. The van der Waals surface area contributed by atoms with E-state index in [4.69, 9.17) is 0 Å². The topological polar surface area (TPSA) is 92.6 Å². The third-order valence-corrected chi connectivity index (χ3v) is 5.54. The summed E-state index contributed by atoms with van der Waals surface area (Å²) < 4.78 is 41.7. The van der Waals surface area contributed by atoms with Crippen molar-refractivity contribution in [2.24, 2.45) is 0 Å². The van der Waals surface area contributed by atoms with Crippen molar-refractivity contribution in [3.05, 3.63) is 94.4 Å². The molecule has 7 nitrogen and oxygen atoms in total. The maximum atomic E-state index is 13.5. The quantitative estimate of drug-likeness (QED) is 0.495. The highest BCUT2D eigenvalue weighted by atomic mass is 19.4. The number of carbonyl (C=O) groups excluding carboxylic acids is 2. The molecule has 3 aromatic rings. The van der Waals surface area contributed by atoms with E-state index in [9.17, 15) is 27.9 Å². The number of amides is 1. The van der Waals surface area contributed by atoms with Gasteiger partial charge in [-0.2, -0.15) is 5.10 Å². The summed E-state index contributed by atoms with van der Waals surface area (Å²) in [5.74, 6) is -2.64. The SMILES string of the molecule is CCc1ccc(C(=O)C2=C(O)C(=O)N(c3ccc(C)nn3)C2c2ccc(OC(F)(F)F)cc2)cc1. The first-order chi connectivity index (χ1) is 16.6. The number of ether oxygens (including phenoxy) is 1. The normalized spacial score (nSPS) is 16.1. The average Bonchev–Trinajstić information content (AvgIpc) is 3.09. The van der Waals surface area contributed by atoms with Crippen LogP contribution in [0.4, 0.5) is 19.0 Å². The average molecular weight is 483 g/mol. The van der Waals surface area contributed by atoms with Crippen LogP contribution in [0.15, 0.2) is 72.0 Å². The van der Waals surface area contributed by atoms with Crippen molar-refractivity contribution < 1.29 is 32.6 Å². The molecule has 35 heavy (non-hydrogen) atoms. The molecule has 2 aromatic carbocycles. The first-order valence-corrected chi connectivity index (χ1v) is 10.7. The van der Waals surface area contributed by atoms with Gasteiger partial charge in [-0.15, -0.1) is 18.3 Å². The number of hydrogen-bond acceptors (Lipinski definition) is 6. The highest BCUT2D eigenvalue weighted by Gasteiger charge is 2.45. The van der Waals surface area contributed by atoms with Crippen LogP contribution in [0, 0.1) is 6.92 Å². The van der Waals surface area contributed by atoms with Crippen LogP contribution in [0.2, 0.25) is 0 Å². The lowest BCUT2D eigenvalue weighted by atomic mass is 9.92. The Morgan fingerprint density at radius 2 is 1.69 bits per heavy atom. The molecule has 1 atom stereocenters. The van der Waals surface area contributed by atoms with Crippen molar-refractivity contribution >= 4 is 17.5 Å². The van der Waals surface area contributed by atoms with E-state index in [1.807, 2.05) is 6.92 Å². The summed E-state index contributed by atoms with van der Waals surface area (Å²) in [6.45, 7) is 3.66. The van der Waals surface area contributed by atoms with Crippen molar-refractivity contribution in [3.8, 4) is 5.75 Å². The number of carbonyl (C=O) groups is 2. The molecule has 4 rings (SSSR count). The van der Waals surface area contributed by atoms with E-state index in [0.717, 1.165) is 29.0 Å². The van der Waals surface area contributed by atoms with Gasteiger partial charge >= 0.3 is 6.36 Å². The summed E-state index contributed by atoms with van der Waals surface area (Å²) >= 11 is 0. The summed E-state index contributed by atoms with van der Waals surface area (Å²) in [4.78, 5) is 27.7. The van der Waals surface area contributed by atoms with Crippen LogP contribution in [-0.4, -0.2) is 33.4 Å². The standard InChI is InChI=1S/C25H20F3N3O4/c1-3-15-5-7-17(8-6-15)22(32)20-21(16-9-11-18(12-10-16)35-25(26,27)28)31(24(34)23(20)33)19-13-4-14(2)29-30-19/h4-13,21,33H,3H2,1-2H3. The number of anilines is 1. The second-order valence-electron chi connectivity index (χ2n) is 7.87. The number of ketones is 1. The molecule has 0 saturated heterocycles. The molecule has 1 amide bonds. The van der Waals surface area contributed by atoms with E-state index in [1.165, 1.54) is 18.2 Å². The first-order valence-electron chi connectivity index (χ1n) is 10.7. The summed E-state index contributed by atoms with van der Waals surface area (Å²) in [6.07, 6.45) is -4.12. The third kappa shape index (κ3) is 4.86. The Balaban J connectivity index is 1.80. The van der Waals surface area contributed by atoms with Gasteiger partial charge in [-0.1, -0.05) is 43.3 Å². The van der Waals surface area contributed by atoms with Crippen molar-refractivity contribution in [1.82, 2.24) is 10.2 Å². The van der Waals surface area contributed by atoms with E-state index in [0.29, 0.717) is 5.69 Å². The number of aliphatic hydroxyl groups is 1. The van der Waals surface area contributed by atoms with E-state index >= 15 is 0 Å². The zero-order valence-corrected chi connectivity index (χ0v) is 18.7. The van der Waals surface area contributed by atoms with Gasteiger partial charge in [0.2, 0.25) is 0 Å². The largest absolute Gasteiger partial charge is 0.573 e. The lowest BCUT2D eigenvalue weighted by Crippen LogP contribution is -2.32. The van der Waals surface area contributed by atoms with Gasteiger partial charge in [-0.3, -0.25) is 14.5 Å². The van der Waals surface area contributed by atoms with Gasteiger partial charge in [-0.05, 0) is 48.7 Å². The van der Waals surface area contributed by atoms with Crippen LogP contribution in [0.1, 0.15) is 40.1 Å². The molecule has 2 heterocycles. The highest BCUT2D eigenvalue weighted by Crippen LogP contribution is 2.41. The molecule has 1 aromatic heterocycles. The Kier molecular flexibility index (Phi) is 6.29. The minimum absolute atomic E-state index is 0.0666. The lowest BCUT2D eigenvalue weighted by Gasteiger charge is -2.25. The predicted molar refractivity (Wildman–Crippen MR) is 120 cm³/mol. The van der Waals surface area contributed by atoms with Gasteiger partial charge in [0.25, 0.3) is 5.91 Å². The van der Waals surface area contributed by atoms with Crippen molar-refractivity contribution in [3.63, 3.8) is 0 Å². The number of aryl methyl sites for hydroxylation is 2. The van der Waals surface area contributed by atoms with Crippen LogP contribution in [0.3, 0.4) is 0 Å². The van der Waals surface area contributed by atoms with Gasteiger partial charge < -0.3 is 9.84 Å². The number of aromatic nitrogens is 2. The van der Waals surface area contributed by atoms with Gasteiger partial charge in [0.05, 0.1) is 17.3 Å². The van der Waals surface area contributed by atoms with E-state index in [2.05, 4.69) is 14.9 Å². The van der Waals surface area contributed by atoms with Gasteiger partial charge in [-0.25, -0.2) is 0 Å². The molecule has 1 aliphatic heterocycles. The Labute approximate surface area is 198 Å². The summed E-state index contributed by atoms with van der Waals surface area (Å²) in [5.41, 5.74) is 1.88. The van der Waals surface area contributed by atoms with Crippen LogP contribution in [0.5, 0.6) is 5.75 Å². The van der Waals surface area contributed by atoms with Crippen molar-refractivity contribution in [2.45, 2.75) is 32.7 Å². The van der Waals surface area contributed by atoms with Crippen LogP contribution in [-0.2, 0) is 11.2 Å². The number of alkyl halides is 3. The van der Waals surface area contributed by atoms with Gasteiger partial charge in [0.15, 0.2) is 17.4 Å². The number of hydrogen-bond donors (Lipinski definition) is 1. The van der Waals surface area contributed by atoms with Gasteiger partial charge in [0.1, 0.15) is 5.75 Å². The molecule has 1 N–H and O–H groups in total. The molecule has 0 radical (unpaired) electrons. The Morgan fingerprint density at radius 1 is 1.03 bits per heavy atom. The number of aliphatic hydroxyl groups excluding tert-OH is 1. The number of Topliss-reactive ketones (excluding diaryl/α,β-unsaturated/α-hetero) is 1. The smallest absolute Gasteiger partial charge is 0.503 e. The van der Waals surface area contributed by atoms with Crippen molar-refractivity contribution in [1.29, 1.82) is 0 Å². The number of halogens is 3. The second-order valence-corrected chi connectivity index (χ2v) is 7.87. The number of nitrogens with zero attached hydrogens (tertiary/aromatic N) is 3. The number of benzene rings is 2. The Hall–Kier alpha value is -4.21. The van der Waals surface area contributed by atoms with Crippen LogP contribution in [0.25, 0.3) is 0 Å². The molecule has 0 fully saturated rings. The molecule has 180 valence electrons. The maximum Gasteiger partial charge on any atom is 0.573 e. The Morgan fingerprint density at radius 3 is 2.23 bits per heavy atom. The predicted octanol–water partition coefficient (Wildman–Crippen LogP) is 5.03. The third-order valence-electron chi connectivity index (χ3n) is 5.54. The minimum atomic E-state index is -4.88. The first kappa shape index (κ1) is 23.9. The van der Waals surface area contributed by atoms with E-state index in [1.54, 1.807) is 37.3 Å². The van der Waals surface area contributed by atoms with Gasteiger partial charge in [0, 0.05) is 5.56 Å². The summed E-state index contributed by atoms with van der Waals surface area (Å²) in [6, 6.07) is 13.4. The molecular weight excluding hydrogens is 463 g/mol. The molecule has 0 bridgehead atoms. The van der Waals surface area contributed by atoms with E-state index < -0.39 is 35.6 Å². The molecule has 1 aliphatic rings. The van der Waals surface area contributed by atoms with Crippen LogP contribution >= 0.6 is 0 Å². The summed E-state index contributed by atoms with van der Waals surface area (Å²) in [7, 11) is 0. The second kappa shape index (κ2) is 9.21. The molecule has 10 heteroatoms. The molecular formula is C25H20F3N3O4. The Bertz CT molecular complexity index is 1290. The fourth-order valence-corrected chi connectivity index (χ4v) is 3.81. The van der Waals surface area contributed by atoms with Crippen molar-refractivity contribution in [2.75, 3.05) is 4.90 Å². The molecule has 0 spiro atoms. The molecule has 0 aliphatic carbocycles. The van der Waals surface area contributed by atoms with E-state index in [-0.39, 0.29) is 22.5 Å². The monoisotopic (exact) mass is 483 g/mol. The molecule has 0 saturated carbocycles. The zero-order chi connectivity index (χ0) is 25.3. The minimum Gasteiger partial charge on any atom is -0.503 e. The fraction of sp³-hybridized carbons (Fsp3) is 0.200. The maximum absolute atomic E-state index is 13.5. The van der Waals surface area contributed by atoms with Crippen LogP contribution < -0.4 is 9.64 Å². The molecule has 1 unspecified atom stereocenters. The fourth-order valence-electron chi connectivity index (χ4n) is 3.81. The highest BCUT2D eigenvalue weighted by molar-refractivity contribution is 6.20. The number of rotatable bonds is 6. The lowest BCUT2D eigenvalue weighted by molar-refractivity contribution is -0.274. The summed E-state index contributed by atoms with van der Waals surface area (Å²) in [5, 5.41) is 18.7.